The molecule has 0 aliphatic carbocycles. The van der Waals surface area contributed by atoms with Crippen molar-refractivity contribution in [1.29, 1.82) is 0 Å². The number of cyclic esters (lactones) is 1. The molecule has 84 valence electrons. The van der Waals surface area contributed by atoms with Gasteiger partial charge in [-0.15, -0.1) is 0 Å². The summed E-state index contributed by atoms with van der Waals surface area (Å²) in [5, 5.41) is 1.01. The van der Waals surface area contributed by atoms with Crippen molar-refractivity contribution in [2.24, 2.45) is 0 Å². The van der Waals surface area contributed by atoms with Gasteiger partial charge in [0.05, 0.1) is 12.1 Å². The smallest absolute Gasteiger partial charge is 0.428 e. The lowest BCUT2D eigenvalue weighted by Gasteiger charge is -2.13. The summed E-state index contributed by atoms with van der Waals surface area (Å²) in [5.74, 6) is -1.30. The number of carbonyl (C=O) groups is 2. The minimum absolute atomic E-state index is 0.109. The van der Waals surface area contributed by atoms with E-state index in [1.165, 1.54) is 18.2 Å². The molecule has 2 rings (SSSR count). The Hall–Kier alpha value is -2.11. The van der Waals surface area contributed by atoms with Gasteiger partial charge in [-0.2, -0.15) is 0 Å². The average molecular weight is 224 g/mol. The van der Waals surface area contributed by atoms with Crippen molar-refractivity contribution in [2.75, 3.05) is 13.2 Å². The van der Waals surface area contributed by atoms with Gasteiger partial charge in [0.25, 0.3) is 5.91 Å². The monoisotopic (exact) mass is 224 g/mol. The molecule has 0 aromatic heterocycles. The number of carbonyl (C=O) groups excluding carboxylic acids is 2. The van der Waals surface area contributed by atoms with Crippen LogP contribution in [0.3, 0.4) is 0 Å². The minimum atomic E-state index is -0.669. The summed E-state index contributed by atoms with van der Waals surface area (Å²) in [5.41, 5.74) is 2.16. The van der Waals surface area contributed by atoms with Gasteiger partial charge >= 0.3 is 6.09 Å². The van der Waals surface area contributed by atoms with Crippen molar-refractivity contribution in [3.63, 3.8) is 0 Å². The Morgan fingerprint density at radius 3 is 2.81 bits per heavy atom. The van der Waals surface area contributed by atoms with Gasteiger partial charge in [-0.25, -0.2) is 14.2 Å². The summed E-state index contributed by atoms with van der Waals surface area (Å²) in [6, 6.07) is 5.54. The first-order valence-electron chi connectivity index (χ1n) is 4.68. The highest BCUT2D eigenvalue weighted by Gasteiger charge is 2.24. The second kappa shape index (κ2) is 4.18. The van der Waals surface area contributed by atoms with E-state index in [2.05, 4.69) is 10.2 Å². The van der Waals surface area contributed by atoms with Gasteiger partial charge in [0.15, 0.2) is 0 Å². The summed E-state index contributed by atoms with van der Waals surface area (Å²) in [6.45, 7) is 0.482. The van der Waals surface area contributed by atoms with Crippen LogP contribution in [0.15, 0.2) is 24.3 Å². The third kappa shape index (κ3) is 1.95. The Morgan fingerprint density at radius 1 is 1.44 bits per heavy atom. The largest absolute Gasteiger partial charge is 0.446 e. The van der Waals surface area contributed by atoms with Crippen LogP contribution in [0.2, 0.25) is 0 Å². The van der Waals surface area contributed by atoms with Crippen LogP contribution >= 0.6 is 0 Å². The van der Waals surface area contributed by atoms with Gasteiger partial charge in [-0.3, -0.25) is 10.2 Å². The van der Waals surface area contributed by atoms with Crippen LogP contribution in [0.4, 0.5) is 9.18 Å². The average Bonchev–Trinajstić information content (AvgIpc) is 2.65. The van der Waals surface area contributed by atoms with Crippen LogP contribution < -0.4 is 5.43 Å². The quantitative estimate of drug-likeness (QED) is 0.812. The maximum absolute atomic E-state index is 13.2. The summed E-state index contributed by atoms with van der Waals surface area (Å²) >= 11 is 0. The van der Waals surface area contributed by atoms with Crippen molar-refractivity contribution >= 4 is 12.0 Å². The van der Waals surface area contributed by atoms with Crippen LogP contribution in [-0.2, 0) is 4.74 Å². The lowest BCUT2D eigenvalue weighted by molar-refractivity contribution is 0.0827. The molecule has 0 atom stereocenters. The SMILES string of the molecule is O=C(NN1CCOC1=O)c1ccccc1F. The zero-order valence-corrected chi connectivity index (χ0v) is 8.27. The van der Waals surface area contributed by atoms with E-state index in [1.807, 2.05) is 0 Å². The van der Waals surface area contributed by atoms with Crippen LogP contribution in [0.5, 0.6) is 0 Å². The van der Waals surface area contributed by atoms with Gasteiger partial charge in [0.2, 0.25) is 0 Å². The Labute approximate surface area is 90.8 Å². The molecule has 0 spiro atoms. The molecular weight excluding hydrogens is 215 g/mol. The molecule has 5 nitrogen and oxygen atoms in total. The van der Waals surface area contributed by atoms with Gasteiger partial charge < -0.3 is 4.74 Å². The number of ether oxygens (including phenoxy) is 1. The molecule has 1 aliphatic rings. The van der Waals surface area contributed by atoms with Crippen LogP contribution in [0.25, 0.3) is 0 Å². The molecule has 1 fully saturated rings. The third-order valence-electron chi connectivity index (χ3n) is 2.12. The molecule has 1 aliphatic heterocycles. The predicted octanol–water partition coefficient (Wildman–Crippen LogP) is 0.923. The number of rotatable bonds is 2. The highest BCUT2D eigenvalue weighted by molar-refractivity contribution is 5.95. The first-order chi connectivity index (χ1) is 7.68. The fourth-order valence-electron chi connectivity index (χ4n) is 1.32. The number of nitrogens with one attached hydrogen (secondary N) is 1. The van der Waals surface area contributed by atoms with Crippen molar-refractivity contribution in [2.45, 2.75) is 0 Å². The zero-order chi connectivity index (χ0) is 11.5. The number of nitrogens with zero attached hydrogens (tertiary/aromatic N) is 1. The highest BCUT2D eigenvalue weighted by atomic mass is 19.1. The molecule has 0 saturated carbocycles. The highest BCUT2D eigenvalue weighted by Crippen LogP contribution is 2.07. The van der Waals surface area contributed by atoms with E-state index in [4.69, 9.17) is 0 Å². The standard InChI is InChI=1S/C10H9FN2O3/c11-8-4-2-1-3-7(8)9(14)12-13-5-6-16-10(13)15/h1-4H,5-6H2,(H,12,14). The van der Waals surface area contributed by atoms with E-state index in [0.29, 0.717) is 0 Å². The number of amides is 2. The summed E-state index contributed by atoms with van der Waals surface area (Å²) in [4.78, 5) is 22.6. The molecule has 0 bridgehead atoms. The van der Waals surface area contributed by atoms with E-state index in [-0.39, 0.29) is 18.7 Å². The lowest BCUT2D eigenvalue weighted by Crippen LogP contribution is -2.42. The van der Waals surface area contributed by atoms with E-state index >= 15 is 0 Å². The van der Waals surface area contributed by atoms with Crippen LogP contribution in [-0.4, -0.2) is 30.2 Å². The second-order valence-electron chi connectivity index (χ2n) is 3.19. The zero-order valence-electron chi connectivity index (χ0n) is 8.27. The van der Waals surface area contributed by atoms with Gasteiger partial charge in [-0.05, 0) is 12.1 Å². The fourth-order valence-corrected chi connectivity index (χ4v) is 1.32. The number of halogens is 1. The first kappa shape index (κ1) is 10.4. The summed E-state index contributed by atoms with van der Waals surface area (Å²) in [7, 11) is 0. The molecule has 1 aromatic carbocycles. The summed E-state index contributed by atoms with van der Waals surface area (Å²) < 4.78 is 17.8. The second-order valence-corrected chi connectivity index (χ2v) is 3.19. The van der Waals surface area contributed by atoms with Crippen molar-refractivity contribution in [3.05, 3.63) is 35.6 Å². The third-order valence-corrected chi connectivity index (χ3v) is 2.12. The maximum atomic E-state index is 13.2. The molecule has 1 heterocycles. The van der Waals surface area contributed by atoms with Crippen molar-refractivity contribution < 1.29 is 18.7 Å². The number of hydrazine groups is 1. The summed E-state index contributed by atoms with van der Waals surface area (Å²) in [6.07, 6.45) is -0.635. The fraction of sp³-hybridized carbons (Fsp3) is 0.200. The normalized spacial score (nSPS) is 14.8. The van der Waals surface area contributed by atoms with Crippen molar-refractivity contribution in [1.82, 2.24) is 10.4 Å². The van der Waals surface area contributed by atoms with Gasteiger partial charge in [0, 0.05) is 0 Å². The first-order valence-corrected chi connectivity index (χ1v) is 4.68. The molecule has 2 amide bonds. The van der Waals surface area contributed by atoms with Crippen molar-refractivity contribution in [3.8, 4) is 0 Å². The van der Waals surface area contributed by atoms with E-state index < -0.39 is 17.8 Å². The van der Waals surface area contributed by atoms with Crippen LogP contribution in [0, 0.1) is 5.82 Å². The lowest BCUT2D eigenvalue weighted by atomic mass is 10.2. The molecule has 1 N–H and O–H groups in total. The Morgan fingerprint density at radius 2 is 2.19 bits per heavy atom. The number of hydrogen-bond acceptors (Lipinski definition) is 3. The number of hydrogen-bond donors (Lipinski definition) is 1. The molecule has 0 unspecified atom stereocenters. The minimum Gasteiger partial charge on any atom is -0.446 e. The molecule has 0 radical (unpaired) electrons. The van der Waals surface area contributed by atoms with Crippen LogP contribution in [0.1, 0.15) is 10.4 Å². The molecule has 1 saturated heterocycles. The predicted molar refractivity (Wildman–Crippen MR) is 51.9 cm³/mol. The topological polar surface area (TPSA) is 58.6 Å². The Bertz CT molecular complexity index is 436. The van der Waals surface area contributed by atoms with E-state index in [0.717, 1.165) is 5.01 Å². The van der Waals surface area contributed by atoms with E-state index in [1.54, 1.807) is 6.07 Å². The Balaban J connectivity index is 2.09. The molecular formula is C10H9FN2O3. The number of benzene rings is 1. The Kier molecular flexibility index (Phi) is 2.72. The maximum Gasteiger partial charge on any atom is 0.428 e. The molecule has 16 heavy (non-hydrogen) atoms. The molecule has 6 heteroatoms. The molecule has 1 aromatic rings. The van der Waals surface area contributed by atoms with Gasteiger partial charge in [0.1, 0.15) is 12.4 Å². The van der Waals surface area contributed by atoms with E-state index in [9.17, 15) is 14.0 Å². The van der Waals surface area contributed by atoms with Gasteiger partial charge in [-0.1, -0.05) is 12.1 Å².